The molecule has 30 heavy (non-hydrogen) atoms. The zero-order valence-corrected chi connectivity index (χ0v) is 18.4. The van der Waals surface area contributed by atoms with Crippen LogP contribution < -0.4 is 5.56 Å². The molecule has 0 bridgehead atoms. The van der Waals surface area contributed by atoms with Crippen LogP contribution in [0.1, 0.15) is 31.4 Å². The number of benzene rings is 2. The molecule has 0 spiro atoms. The fourth-order valence-corrected chi connectivity index (χ4v) is 4.30. The molecule has 156 valence electrons. The van der Waals surface area contributed by atoms with Gasteiger partial charge in [-0.25, -0.2) is 0 Å². The molecule has 2 aromatic carbocycles. The summed E-state index contributed by atoms with van der Waals surface area (Å²) in [5.41, 5.74) is 3.27. The van der Waals surface area contributed by atoms with Crippen LogP contribution >= 0.6 is 11.8 Å². The minimum Gasteiger partial charge on any atom is -0.379 e. The van der Waals surface area contributed by atoms with E-state index >= 15 is 0 Å². The first kappa shape index (κ1) is 20.6. The fourth-order valence-electron chi connectivity index (χ4n) is 3.40. The Morgan fingerprint density at radius 1 is 1.07 bits per heavy atom. The van der Waals surface area contributed by atoms with Crippen molar-refractivity contribution in [2.24, 2.45) is 0 Å². The number of nitrogens with zero attached hydrogens (tertiary/aromatic N) is 4. The lowest BCUT2D eigenvalue weighted by Crippen LogP contribution is -2.24. The van der Waals surface area contributed by atoms with Crippen LogP contribution in [0.25, 0.3) is 16.7 Å². The maximum atomic E-state index is 13.1. The Morgan fingerprint density at radius 3 is 2.60 bits per heavy atom. The Bertz CT molecular complexity index is 1210. The lowest BCUT2D eigenvalue weighted by Gasteiger charge is -2.12. The lowest BCUT2D eigenvalue weighted by molar-refractivity contribution is 0.0748. The molecular formula is C23H26N4O2S. The van der Waals surface area contributed by atoms with Crippen LogP contribution in [0.5, 0.6) is 0 Å². The van der Waals surface area contributed by atoms with Gasteiger partial charge in [-0.05, 0) is 44.9 Å². The lowest BCUT2D eigenvalue weighted by atomic mass is 10.2. The summed E-state index contributed by atoms with van der Waals surface area (Å²) < 4.78 is 9.36. The van der Waals surface area contributed by atoms with Crippen molar-refractivity contribution in [1.29, 1.82) is 0 Å². The summed E-state index contributed by atoms with van der Waals surface area (Å²) >= 11 is 1.63. The number of hydrogen-bond donors (Lipinski definition) is 0. The monoisotopic (exact) mass is 422 g/mol. The first-order valence-electron chi connectivity index (χ1n) is 10.2. The quantitative estimate of drug-likeness (QED) is 0.310. The van der Waals surface area contributed by atoms with Gasteiger partial charge in [-0.15, -0.1) is 10.2 Å². The van der Waals surface area contributed by atoms with Gasteiger partial charge in [0.25, 0.3) is 5.56 Å². The number of ether oxygens (including phenoxy) is 1. The number of aromatic nitrogens is 4. The summed E-state index contributed by atoms with van der Waals surface area (Å²) in [5, 5.41) is 10.3. The second-order valence-corrected chi connectivity index (χ2v) is 8.58. The van der Waals surface area contributed by atoms with Gasteiger partial charge >= 0.3 is 0 Å². The van der Waals surface area contributed by atoms with E-state index < -0.39 is 0 Å². The van der Waals surface area contributed by atoms with Crippen LogP contribution in [0.15, 0.2) is 58.5 Å². The maximum absolute atomic E-state index is 13.1. The van der Waals surface area contributed by atoms with Crippen LogP contribution in [0.2, 0.25) is 0 Å². The molecule has 7 heteroatoms. The van der Waals surface area contributed by atoms with Crippen LogP contribution in [-0.2, 0) is 17.0 Å². The van der Waals surface area contributed by atoms with E-state index in [-0.39, 0.29) is 11.7 Å². The molecule has 0 atom stereocenters. The number of fused-ring (bicyclic) bond motifs is 3. The first-order valence-corrected chi connectivity index (χ1v) is 11.2. The summed E-state index contributed by atoms with van der Waals surface area (Å²) in [7, 11) is 0. The Morgan fingerprint density at radius 2 is 1.83 bits per heavy atom. The Hall–Kier alpha value is -2.64. The second-order valence-electron chi connectivity index (χ2n) is 7.64. The first-order chi connectivity index (χ1) is 14.5. The predicted octanol–water partition coefficient (Wildman–Crippen LogP) is 4.46. The van der Waals surface area contributed by atoms with Gasteiger partial charge in [-0.3, -0.25) is 13.8 Å². The van der Waals surface area contributed by atoms with Crippen molar-refractivity contribution >= 4 is 28.4 Å². The summed E-state index contributed by atoms with van der Waals surface area (Å²) in [5.74, 6) is 1.37. The van der Waals surface area contributed by atoms with E-state index in [1.807, 2.05) is 42.5 Å². The van der Waals surface area contributed by atoms with Crippen molar-refractivity contribution < 1.29 is 4.74 Å². The van der Waals surface area contributed by atoms with Crippen molar-refractivity contribution in [2.75, 3.05) is 6.61 Å². The van der Waals surface area contributed by atoms with Crippen LogP contribution in [0, 0.1) is 6.92 Å². The van der Waals surface area contributed by atoms with Gasteiger partial charge in [0.05, 0.1) is 17.0 Å². The summed E-state index contributed by atoms with van der Waals surface area (Å²) in [6.07, 6.45) is 0.918. The molecule has 4 aromatic rings. The molecule has 2 aromatic heterocycles. The Kier molecular flexibility index (Phi) is 6.20. The predicted molar refractivity (Wildman–Crippen MR) is 121 cm³/mol. The van der Waals surface area contributed by atoms with Crippen molar-refractivity contribution in [3.05, 3.63) is 70.0 Å². The summed E-state index contributed by atoms with van der Waals surface area (Å²) in [6, 6.07) is 16.2. The normalized spacial score (nSPS) is 11.7. The fraction of sp³-hybridized carbons (Fsp3) is 0.348. The highest BCUT2D eigenvalue weighted by Gasteiger charge is 2.16. The molecule has 2 heterocycles. The molecule has 0 radical (unpaired) electrons. The summed E-state index contributed by atoms with van der Waals surface area (Å²) in [4.78, 5) is 13.1. The number of hydrogen-bond acceptors (Lipinski definition) is 5. The standard InChI is InChI=1S/C23H26N4O2S/c1-16(2)29-14-6-13-26-21(28)19-7-4-5-8-20(19)27-22(26)24-25-23(27)30-15-18-11-9-17(3)10-12-18/h4-5,7-12,16H,6,13-15H2,1-3H3. The van der Waals surface area contributed by atoms with E-state index in [4.69, 9.17) is 4.74 Å². The second kappa shape index (κ2) is 9.02. The molecule has 4 rings (SSSR count). The van der Waals surface area contributed by atoms with E-state index in [0.717, 1.165) is 22.8 Å². The summed E-state index contributed by atoms with van der Waals surface area (Å²) in [6.45, 7) is 7.25. The Labute approximate surface area is 179 Å². The molecule has 0 N–H and O–H groups in total. The molecule has 0 fully saturated rings. The highest BCUT2D eigenvalue weighted by Crippen LogP contribution is 2.25. The van der Waals surface area contributed by atoms with Crippen molar-refractivity contribution in [3.63, 3.8) is 0 Å². The average Bonchev–Trinajstić information content (AvgIpc) is 3.16. The third kappa shape index (κ3) is 4.27. The van der Waals surface area contributed by atoms with Gasteiger partial charge in [-0.2, -0.15) is 0 Å². The smallest absolute Gasteiger partial charge is 0.262 e. The van der Waals surface area contributed by atoms with E-state index in [9.17, 15) is 4.79 Å². The SMILES string of the molecule is Cc1ccc(CSc2nnc3n(CCCOC(C)C)c(=O)c4ccccc4n23)cc1. The molecule has 0 aliphatic heterocycles. The molecule has 6 nitrogen and oxygen atoms in total. The van der Waals surface area contributed by atoms with E-state index in [1.54, 1.807) is 16.3 Å². The molecular weight excluding hydrogens is 396 g/mol. The van der Waals surface area contributed by atoms with Gasteiger partial charge in [0, 0.05) is 18.9 Å². The average molecular weight is 423 g/mol. The van der Waals surface area contributed by atoms with E-state index in [0.29, 0.717) is 24.3 Å². The number of thioether (sulfide) groups is 1. The molecule has 0 unspecified atom stereocenters. The van der Waals surface area contributed by atoms with Gasteiger partial charge in [0.1, 0.15) is 0 Å². The van der Waals surface area contributed by atoms with Crippen molar-refractivity contribution in [1.82, 2.24) is 19.2 Å². The van der Waals surface area contributed by atoms with Crippen molar-refractivity contribution in [2.45, 2.75) is 50.8 Å². The van der Waals surface area contributed by atoms with E-state index in [1.165, 1.54) is 11.1 Å². The largest absolute Gasteiger partial charge is 0.379 e. The zero-order chi connectivity index (χ0) is 21.1. The van der Waals surface area contributed by atoms with Gasteiger partial charge in [0.15, 0.2) is 5.16 Å². The van der Waals surface area contributed by atoms with Gasteiger partial charge in [-0.1, -0.05) is 53.7 Å². The van der Waals surface area contributed by atoms with Crippen LogP contribution in [0.4, 0.5) is 0 Å². The van der Waals surface area contributed by atoms with Crippen LogP contribution in [0.3, 0.4) is 0 Å². The third-order valence-electron chi connectivity index (χ3n) is 4.94. The van der Waals surface area contributed by atoms with E-state index in [2.05, 4.69) is 41.4 Å². The maximum Gasteiger partial charge on any atom is 0.262 e. The number of rotatable bonds is 8. The van der Waals surface area contributed by atoms with Gasteiger partial charge < -0.3 is 4.74 Å². The highest BCUT2D eigenvalue weighted by molar-refractivity contribution is 7.98. The van der Waals surface area contributed by atoms with Crippen LogP contribution in [-0.4, -0.2) is 31.9 Å². The topological polar surface area (TPSA) is 61.4 Å². The molecule has 0 aliphatic rings. The Balaban J connectivity index is 1.70. The number of aryl methyl sites for hydroxylation is 2. The highest BCUT2D eigenvalue weighted by atomic mass is 32.2. The molecule has 0 aliphatic carbocycles. The third-order valence-corrected chi connectivity index (χ3v) is 5.94. The minimum atomic E-state index is -0.0369. The zero-order valence-electron chi connectivity index (χ0n) is 17.5. The van der Waals surface area contributed by atoms with Crippen molar-refractivity contribution in [3.8, 4) is 0 Å². The molecule has 0 saturated carbocycles. The molecule has 0 saturated heterocycles. The minimum absolute atomic E-state index is 0.0369. The number of para-hydroxylation sites is 1. The van der Waals surface area contributed by atoms with Gasteiger partial charge in [0.2, 0.25) is 5.78 Å². The molecule has 0 amide bonds.